The summed E-state index contributed by atoms with van der Waals surface area (Å²) < 4.78 is 14.9. The zero-order valence-electron chi connectivity index (χ0n) is 12.2. The third-order valence-corrected chi connectivity index (χ3v) is 2.78. The summed E-state index contributed by atoms with van der Waals surface area (Å²) in [6, 6.07) is 15.7. The monoisotopic (exact) mass is 300 g/mol. The van der Waals surface area contributed by atoms with Crippen LogP contribution in [0.4, 0.5) is 4.79 Å². The van der Waals surface area contributed by atoms with E-state index in [2.05, 4.69) is 0 Å². The van der Waals surface area contributed by atoms with E-state index in [1.165, 1.54) is 12.1 Å². The molecule has 5 heteroatoms. The van der Waals surface area contributed by atoms with Gasteiger partial charge in [-0.15, -0.1) is 0 Å². The molecule has 0 bridgehead atoms. The molecule has 0 aliphatic carbocycles. The lowest BCUT2D eigenvalue weighted by atomic mass is 10.2. The van der Waals surface area contributed by atoms with Gasteiger partial charge in [0, 0.05) is 0 Å². The van der Waals surface area contributed by atoms with Crippen LogP contribution in [-0.4, -0.2) is 18.7 Å². The fourth-order valence-electron chi connectivity index (χ4n) is 1.76. The van der Waals surface area contributed by atoms with Crippen molar-refractivity contribution < 1.29 is 23.8 Å². The highest BCUT2D eigenvalue weighted by atomic mass is 16.7. The molecule has 0 radical (unpaired) electrons. The molecule has 0 N–H and O–H groups in total. The molecule has 0 aliphatic heterocycles. The van der Waals surface area contributed by atoms with Crippen molar-refractivity contribution in [3.8, 4) is 5.75 Å². The van der Waals surface area contributed by atoms with Crippen molar-refractivity contribution in [2.45, 2.75) is 13.5 Å². The number of carbonyl (C=O) groups excluding carboxylic acids is 2. The Morgan fingerprint density at radius 3 is 2.32 bits per heavy atom. The van der Waals surface area contributed by atoms with E-state index in [1.54, 1.807) is 19.1 Å². The molecule has 0 spiro atoms. The Balaban J connectivity index is 2.04. The molecule has 0 heterocycles. The minimum Gasteiger partial charge on any atom is -0.457 e. The van der Waals surface area contributed by atoms with Gasteiger partial charge in [0.2, 0.25) is 0 Å². The molecule has 2 aromatic rings. The molecule has 0 aromatic heterocycles. The number of hydrogen-bond acceptors (Lipinski definition) is 5. The van der Waals surface area contributed by atoms with Crippen molar-refractivity contribution in [3.05, 3.63) is 65.7 Å². The Hall–Kier alpha value is -2.82. The molecule has 114 valence electrons. The van der Waals surface area contributed by atoms with Gasteiger partial charge in [0.05, 0.1) is 6.61 Å². The molecule has 2 rings (SSSR count). The molecule has 0 unspecified atom stereocenters. The topological polar surface area (TPSA) is 61.8 Å². The van der Waals surface area contributed by atoms with Crippen LogP contribution in [-0.2, 0) is 16.1 Å². The molecule has 0 fully saturated rings. The number of carbonyl (C=O) groups is 2. The summed E-state index contributed by atoms with van der Waals surface area (Å²) in [5, 5.41) is 0. The van der Waals surface area contributed by atoms with Crippen LogP contribution in [0.25, 0.3) is 0 Å². The molecular weight excluding hydrogens is 284 g/mol. The largest absolute Gasteiger partial charge is 0.513 e. The maximum absolute atomic E-state index is 12.1. The first-order chi connectivity index (χ1) is 10.7. The van der Waals surface area contributed by atoms with E-state index in [1.807, 2.05) is 30.3 Å². The van der Waals surface area contributed by atoms with E-state index in [0.717, 1.165) is 5.56 Å². The molecule has 22 heavy (non-hydrogen) atoms. The van der Waals surface area contributed by atoms with Crippen LogP contribution in [0.3, 0.4) is 0 Å². The smallest absolute Gasteiger partial charge is 0.457 e. The van der Waals surface area contributed by atoms with Gasteiger partial charge in [-0.3, -0.25) is 0 Å². The van der Waals surface area contributed by atoms with E-state index in [0.29, 0.717) is 0 Å². The Kier molecular flexibility index (Phi) is 5.54. The number of esters is 1. The van der Waals surface area contributed by atoms with Crippen LogP contribution in [0.15, 0.2) is 54.6 Å². The summed E-state index contributed by atoms with van der Waals surface area (Å²) in [4.78, 5) is 23.5. The summed E-state index contributed by atoms with van der Waals surface area (Å²) >= 11 is 0. The van der Waals surface area contributed by atoms with E-state index >= 15 is 0 Å². The second-order valence-corrected chi connectivity index (χ2v) is 4.34. The van der Waals surface area contributed by atoms with Gasteiger partial charge in [0.25, 0.3) is 0 Å². The van der Waals surface area contributed by atoms with Gasteiger partial charge in [-0.2, -0.15) is 0 Å². The molecular formula is C17H16O5. The lowest BCUT2D eigenvalue weighted by Gasteiger charge is -2.09. The Bertz CT molecular complexity index is 637. The molecule has 0 saturated heterocycles. The van der Waals surface area contributed by atoms with Gasteiger partial charge in [-0.05, 0) is 24.6 Å². The lowest BCUT2D eigenvalue weighted by molar-refractivity contribution is 0.0467. The van der Waals surface area contributed by atoms with Gasteiger partial charge in [-0.1, -0.05) is 42.5 Å². The quantitative estimate of drug-likeness (QED) is 0.624. The zero-order chi connectivity index (χ0) is 15.8. The molecule has 5 nitrogen and oxygen atoms in total. The van der Waals surface area contributed by atoms with Crippen molar-refractivity contribution in [2.75, 3.05) is 6.61 Å². The summed E-state index contributed by atoms with van der Waals surface area (Å²) in [5.74, 6) is -0.456. The summed E-state index contributed by atoms with van der Waals surface area (Å²) in [6.45, 7) is 2.01. The molecule has 0 atom stereocenters. The fraction of sp³-hybridized carbons (Fsp3) is 0.176. The standard InChI is InChI=1S/C17H16O5/c1-2-20-17(19)22-15-11-7-6-10-14(15)16(18)21-12-13-8-4-3-5-9-13/h3-11H,2,12H2,1H3. The summed E-state index contributed by atoms with van der Waals surface area (Å²) in [5.41, 5.74) is 1.05. The highest BCUT2D eigenvalue weighted by Crippen LogP contribution is 2.20. The van der Waals surface area contributed by atoms with Gasteiger partial charge < -0.3 is 14.2 Å². The lowest BCUT2D eigenvalue weighted by Crippen LogP contribution is -2.14. The Morgan fingerprint density at radius 1 is 0.909 bits per heavy atom. The maximum Gasteiger partial charge on any atom is 0.513 e. The van der Waals surface area contributed by atoms with E-state index in [9.17, 15) is 9.59 Å². The number of para-hydroxylation sites is 1. The predicted octanol–water partition coefficient (Wildman–Crippen LogP) is 3.58. The maximum atomic E-state index is 12.1. The number of rotatable bonds is 5. The van der Waals surface area contributed by atoms with Crippen LogP contribution >= 0.6 is 0 Å². The fourth-order valence-corrected chi connectivity index (χ4v) is 1.76. The number of hydrogen-bond donors (Lipinski definition) is 0. The van der Waals surface area contributed by atoms with Gasteiger partial charge in [0.15, 0.2) is 0 Å². The highest BCUT2D eigenvalue weighted by Gasteiger charge is 2.16. The highest BCUT2D eigenvalue weighted by molar-refractivity contribution is 5.93. The SMILES string of the molecule is CCOC(=O)Oc1ccccc1C(=O)OCc1ccccc1. The molecule has 0 amide bonds. The summed E-state index contributed by atoms with van der Waals surface area (Å²) in [6.07, 6.45) is -0.856. The van der Waals surface area contributed by atoms with Crippen molar-refractivity contribution in [1.82, 2.24) is 0 Å². The Morgan fingerprint density at radius 2 is 1.59 bits per heavy atom. The van der Waals surface area contributed by atoms with Crippen LogP contribution in [0.1, 0.15) is 22.8 Å². The first kappa shape index (κ1) is 15.6. The minimum atomic E-state index is -0.856. The number of ether oxygens (including phenoxy) is 3. The van der Waals surface area contributed by atoms with Crippen LogP contribution in [0.2, 0.25) is 0 Å². The van der Waals surface area contributed by atoms with E-state index < -0.39 is 12.1 Å². The number of benzene rings is 2. The normalized spacial score (nSPS) is 9.86. The second kappa shape index (κ2) is 7.83. The third kappa shape index (κ3) is 4.34. The first-order valence-corrected chi connectivity index (χ1v) is 6.85. The first-order valence-electron chi connectivity index (χ1n) is 6.85. The van der Waals surface area contributed by atoms with Crippen molar-refractivity contribution in [1.29, 1.82) is 0 Å². The van der Waals surface area contributed by atoms with Crippen molar-refractivity contribution >= 4 is 12.1 Å². The van der Waals surface area contributed by atoms with E-state index in [-0.39, 0.29) is 24.5 Å². The average molecular weight is 300 g/mol. The molecule has 2 aromatic carbocycles. The van der Waals surface area contributed by atoms with E-state index in [4.69, 9.17) is 14.2 Å². The third-order valence-electron chi connectivity index (χ3n) is 2.78. The van der Waals surface area contributed by atoms with Crippen LogP contribution in [0, 0.1) is 0 Å². The van der Waals surface area contributed by atoms with Crippen molar-refractivity contribution in [3.63, 3.8) is 0 Å². The van der Waals surface area contributed by atoms with Gasteiger partial charge in [-0.25, -0.2) is 9.59 Å². The Labute approximate surface area is 128 Å². The minimum absolute atomic E-state index is 0.110. The van der Waals surface area contributed by atoms with Gasteiger partial charge in [0.1, 0.15) is 17.9 Å². The average Bonchev–Trinajstić information content (AvgIpc) is 2.54. The molecule has 0 aliphatic rings. The zero-order valence-corrected chi connectivity index (χ0v) is 12.2. The predicted molar refractivity (Wildman–Crippen MR) is 79.7 cm³/mol. The van der Waals surface area contributed by atoms with Crippen LogP contribution in [0.5, 0.6) is 5.75 Å². The van der Waals surface area contributed by atoms with Crippen LogP contribution < -0.4 is 4.74 Å². The molecule has 0 saturated carbocycles. The van der Waals surface area contributed by atoms with Gasteiger partial charge >= 0.3 is 12.1 Å². The van der Waals surface area contributed by atoms with Crippen molar-refractivity contribution in [2.24, 2.45) is 0 Å². The second-order valence-electron chi connectivity index (χ2n) is 4.34. The summed E-state index contributed by atoms with van der Waals surface area (Å²) in [7, 11) is 0.